The molecule has 0 N–H and O–H groups in total. The van der Waals surface area contributed by atoms with Crippen LogP contribution >= 0.6 is 0 Å². The van der Waals surface area contributed by atoms with Gasteiger partial charge in [0.25, 0.3) is 5.91 Å². The number of hydrogen-bond donors (Lipinski definition) is 0. The fourth-order valence-electron chi connectivity index (χ4n) is 4.20. The van der Waals surface area contributed by atoms with Gasteiger partial charge in [-0.05, 0) is 39.3 Å². The highest BCUT2D eigenvalue weighted by atomic mass is 32.2. The Kier molecular flexibility index (Phi) is 6.97. The maximum absolute atomic E-state index is 13.2. The van der Waals surface area contributed by atoms with Gasteiger partial charge in [-0.1, -0.05) is 12.2 Å². The van der Waals surface area contributed by atoms with Crippen molar-refractivity contribution in [2.45, 2.75) is 39.8 Å². The monoisotopic (exact) mass is 461 g/mol. The van der Waals surface area contributed by atoms with Crippen LogP contribution in [0.3, 0.4) is 0 Å². The summed E-state index contributed by atoms with van der Waals surface area (Å²) >= 11 is 0. The zero-order valence-corrected chi connectivity index (χ0v) is 20.3. The predicted octanol–water partition coefficient (Wildman–Crippen LogP) is 3.18. The number of amides is 1. The van der Waals surface area contributed by atoms with E-state index in [1.165, 1.54) is 0 Å². The minimum absolute atomic E-state index is 0.114. The Morgan fingerprint density at radius 3 is 2.56 bits per heavy atom. The molecule has 1 aliphatic heterocycles. The first-order valence-electron chi connectivity index (χ1n) is 10.5. The Labute approximate surface area is 189 Å². The second-order valence-electron chi connectivity index (χ2n) is 8.11. The summed E-state index contributed by atoms with van der Waals surface area (Å²) < 4.78 is 36.5. The molecule has 0 spiro atoms. The molecule has 8 nitrogen and oxygen atoms in total. The lowest BCUT2D eigenvalue weighted by Crippen LogP contribution is -2.27. The van der Waals surface area contributed by atoms with Gasteiger partial charge in [0.15, 0.2) is 21.3 Å². The van der Waals surface area contributed by atoms with Gasteiger partial charge in [-0.25, -0.2) is 8.42 Å². The number of benzene rings is 1. The van der Waals surface area contributed by atoms with E-state index in [1.807, 2.05) is 37.6 Å². The lowest BCUT2D eigenvalue weighted by atomic mass is 10.1. The Morgan fingerprint density at radius 1 is 1.28 bits per heavy atom. The number of aryl methyl sites for hydroxylation is 1. The van der Waals surface area contributed by atoms with E-state index in [1.54, 1.807) is 38.3 Å². The molecule has 1 aromatic carbocycles. The van der Waals surface area contributed by atoms with E-state index in [2.05, 4.69) is 5.10 Å². The van der Waals surface area contributed by atoms with E-state index >= 15 is 0 Å². The largest absolute Gasteiger partial charge is 0.493 e. The second-order valence-corrected chi connectivity index (χ2v) is 10.3. The van der Waals surface area contributed by atoms with Gasteiger partial charge < -0.3 is 14.4 Å². The number of sulfone groups is 1. The minimum Gasteiger partial charge on any atom is -0.493 e. The molecule has 1 amide bonds. The highest BCUT2D eigenvalue weighted by Crippen LogP contribution is 2.34. The van der Waals surface area contributed by atoms with E-state index in [0.717, 1.165) is 22.5 Å². The molecule has 0 aliphatic carbocycles. The number of allylic oxidation sites excluding steroid dienone is 1. The summed E-state index contributed by atoms with van der Waals surface area (Å²) in [7, 11) is 1.84. The predicted molar refractivity (Wildman–Crippen MR) is 124 cm³/mol. The molecule has 3 rings (SSSR count). The van der Waals surface area contributed by atoms with E-state index in [4.69, 9.17) is 9.47 Å². The number of methoxy groups -OCH3 is 2. The van der Waals surface area contributed by atoms with E-state index < -0.39 is 9.84 Å². The fraction of sp³-hybridized carbons (Fsp3) is 0.478. The van der Waals surface area contributed by atoms with Crippen LogP contribution in [0.15, 0.2) is 18.2 Å². The Hall–Kier alpha value is -2.81. The molecule has 174 valence electrons. The summed E-state index contributed by atoms with van der Waals surface area (Å²) in [6.07, 6.45) is 4.31. The van der Waals surface area contributed by atoms with Crippen LogP contribution in [0.2, 0.25) is 0 Å². The Morgan fingerprint density at radius 2 is 2.00 bits per heavy atom. The average molecular weight is 462 g/mol. The first-order chi connectivity index (χ1) is 15.1. The van der Waals surface area contributed by atoms with Gasteiger partial charge in [-0.3, -0.25) is 9.48 Å². The molecule has 0 bridgehead atoms. The molecule has 1 unspecified atom stereocenters. The molecule has 1 aliphatic rings. The standard InChI is InChI=1S/C23H31N3O5S/c1-7-8-17-11-18(12-21(30-5)22(17)31-6)23(27)25(4)13-20-15(2)24-26(16(20)3)19-9-10-32(28,29)14-19/h7-8,11-12,19H,9-10,13-14H2,1-6H3/b8-7+. The lowest BCUT2D eigenvalue weighted by Gasteiger charge is -2.20. The zero-order chi connectivity index (χ0) is 23.6. The zero-order valence-electron chi connectivity index (χ0n) is 19.5. The molecular formula is C23H31N3O5S. The van der Waals surface area contributed by atoms with Crippen LogP contribution in [0.1, 0.15) is 52.3 Å². The summed E-state index contributed by atoms with van der Waals surface area (Å²) in [6, 6.07) is 3.31. The SMILES string of the molecule is C/C=C/c1cc(C(=O)N(C)Cc2c(C)nn(C3CCS(=O)(=O)C3)c2C)cc(OC)c1OC. The summed E-state index contributed by atoms with van der Waals surface area (Å²) in [5, 5.41) is 4.60. The highest BCUT2D eigenvalue weighted by molar-refractivity contribution is 7.91. The number of nitrogens with zero attached hydrogens (tertiary/aromatic N) is 3. The molecule has 2 aromatic rings. The van der Waals surface area contributed by atoms with Crippen molar-refractivity contribution in [3.05, 3.63) is 46.3 Å². The van der Waals surface area contributed by atoms with Crippen LogP contribution < -0.4 is 9.47 Å². The number of hydrogen-bond acceptors (Lipinski definition) is 6. The normalized spacial score (nSPS) is 17.6. The topological polar surface area (TPSA) is 90.7 Å². The van der Waals surface area contributed by atoms with Crippen molar-refractivity contribution in [3.63, 3.8) is 0 Å². The van der Waals surface area contributed by atoms with Crippen LogP contribution in [-0.2, 0) is 16.4 Å². The number of aromatic nitrogens is 2. The molecule has 0 radical (unpaired) electrons. The molecule has 1 fully saturated rings. The van der Waals surface area contributed by atoms with E-state index in [0.29, 0.717) is 30.0 Å². The number of carbonyl (C=O) groups is 1. The van der Waals surface area contributed by atoms with Crippen molar-refractivity contribution in [2.24, 2.45) is 0 Å². The quantitative estimate of drug-likeness (QED) is 0.629. The van der Waals surface area contributed by atoms with Crippen LogP contribution in [0.25, 0.3) is 6.08 Å². The van der Waals surface area contributed by atoms with Gasteiger partial charge in [0.2, 0.25) is 0 Å². The Balaban J connectivity index is 1.87. The van der Waals surface area contributed by atoms with E-state index in [9.17, 15) is 13.2 Å². The minimum atomic E-state index is -3.01. The molecule has 1 saturated heterocycles. The number of ether oxygens (including phenoxy) is 2. The van der Waals surface area contributed by atoms with Crippen molar-refractivity contribution in [1.29, 1.82) is 0 Å². The van der Waals surface area contributed by atoms with Crippen LogP contribution in [-0.4, -0.2) is 61.8 Å². The Bertz CT molecular complexity index is 1150. The van der Waals surface area contributed by atoms with Gasteiger partial charge in [0.05, 0.1) is 37.5 Å². The van der Waals surface area contributed by atoms with E-state index in [-0.39, 0.29) is 23.5 Å². The third-order valence-corrected chi connectivity index (χ3v) is 7.62. The molecule has 0 saturated carbocycles. The van der Waals surface area contributed by atoms with Gasteiger partial charge in [0, 0.05) is 36.0 Å². The van der Waals surface area contributed by atoms with Gasteiger partial charge in [-0.2, -0.15) is 5.10 Å². The summed E-state index contributed by atoms with van der Waals surface area (Å²) in [4.78, 5) is 14.9. The first kappa shape index (κ1) is 23.8. The molecule has 1 atom stereocenters. The van der Waals surface area contributed by atoms with Gasteiger partial charge in [-0.15, -0.1) is 0 Å². The fourth-order valence-corrected chi connectivity index (χ4v) is 5.89. The summed E-state index contributed by atoms with van der Waals surface area (Å²) in [5.74, 6) is 1.21. The maximum atomic E-state index is 13.2. The molecular weight excluding hydrogens is 430 g/mol. The molecule has 1 aromatic heterocycles. The van der Waals surface area contributed by atoms with Gasteiger partial charge >= 0.3 is 0 Å². The van der Waals surface area contributed by atoms with Crippen molar-refractivity contribution in [2.75, 3.05) is 32.8 Å². The molecule has 2 heterocycles. The van der Waals surface area contributed by atoms with Crippen LogP contribution in [0.5, 0.6) is 11.5 Å². The highest BCUT2D eigenvalue weighted by Gasteiger charge is 2.31. The maximum Gasteiger partial charge on any atom is 0.254 e. The van der Waals surface area contributed by atoms with Crippen molar-refractivity contribution < 1.29 is 22.7 Å². The first-order valence-corrected chi connectivity index (χ1v) is 12.3. The van der Waals surface area contributed by atoms with Crippen molar-refractivity contribution >= 4 is 21.8 Å². The molecule has 9 heteroatoms. The van der Waals surface area contributed by atoms with Gasteiger partial charge in [0.1, 0.15) is 0 Å². The second kappa shape index (κ2) is 9.36. The number of carbonyl (C=O) groups excluding carboxylic acids is 1. The van der Waals surface area contributed by atoms with Crippen LogP contribution in [0, 0.1) is 13.8 Å². The van der Waals surface area contributed by atoms with Crippen LogP contribution in [0.4, 0.5) is 0 Å². The third kappa shape index (κ3) is 4.67. The molecule has 32 heavy (non-hydrogen) atoms. The number of rotatable bonds is 7. The van der Waals surface area contributed by atoms with Crippen molar-refractivity contribution in [3.8, 4) is 11.5 Å². The van der Waals surface area contributed by atoms with Crippen molar-refractivity contribution in [1.82, 2.24) is 14.7 Å². The lowest BCUT2D eigenvalue weighted by molar-refractivity contribution is 0.0784. The summed E-state index contributed by atoms with van der Waals surface area (Å²) in [6.45, 7) is 6.08. The third-order valence-electron chi connectivity index (χ3n) is 5.87. The average Bonchev–Trinajstić information content (AvgIpc) is 3.25. The smallest absolute Gasteiger partial charge is 0.254 e. The summed E-state index contributed by atoms with van der Waals surface area (Å²) in [5.41, 5.74) is 3.87.